The van der Waals surface area contributed by atoms with E-state index in [1.54, 1.807) is 4.90 Å². The van der Waals surface area contributed by atoms with E-state index in [4.69, 9.17) is 4.74 Å². The van der Waals surface area contributed by atoms with Crippen LogP contribution in [0.15, 0.2) is 12.7 Å². The number of nitrogens with zero attached hydrogens (tertiary/aromatic N) is 1. The van der Waals surface area contributed by atoms with Gasteiger partial charge < -0.3 is 14.7 Å². The lowest BCUT2D eigenvalue weighted by Gasteiger charge is -2.29. The molecule has 1 saturated heterocycles. The molecule has 5 heteroatoms. The molecule has 88 valence electrons. The number of amides is 1. The average molecular weight is 225 g/mol. The minimum atomic E-state index is -0.797. The number of ether oxygens (including phenoxy) is 1. The summed E-state index contributed by atoms with van der Waals surface area (Å²) in [6.45, 7) is 3.91. The Morgan fingerprint density at radius 3 is 2.94 bits per heavy atom. The van der Waals surface area contributed by atoms with E-state index in [1.807, 2.05) is 0 Å². The highest BCUT2D eigenvalue weighted by Gasteiger charge is 2.56. The van der Waals surface area contributed by atoms with Crippen molar-refractivity contribution in [1.29, 1.82) is 0 Å². The zero-order valence-corrected chi connectivity index (χ0v) is 9.02. The van der Waals surface area contributed by atoms with E-state index in [-0.39, 0.29) is 19.2 Å². The van der Waals surface area contributed by atoms with Gasteiger partial charge in [0, 0.05) is 12.6 Å². The maximum atomic E-state index is 11.6. The number of fused-ring (bicyclic) bond motifs is 2. The summed E-state index contributed by atoms with van der Waals surface area (Å²) in [4.78, 5) is 24.3. The largest absolute Gasteiger partial charge is 0.481 e. The van der Waals surface area contributed by atoms with Crippen molar-refractivity contribution >= 4 is 12.1 Å². The molecule has 16 heavy (non-hydrogen) atoms. The van der Waals surface area contributed by atoms with Crippen LogP contribution in [0.1, 0.15) is 19.3 Å². The predicted molar refractivity (Wildman–Crippen MR) is 56.0 cm³/mol. The molecule has 1 amide bonds. The molecule has 0 aromatic heterocycles. The van der Waals surface area contributed by atoms with Crippen LogP contribution >= 0.6 is 0 Å². The highest BCUT2D eigenvalue weighted by atomic mass is 16.6. The molecular formula is C11H15NO4. The molecule has 2 aliphatic rings. The zero-order valence-electron chi connectivity index (χ0n) is 9.02. The van der Waals surface area contributed by atoms with Crippen LogP contribution in [0.4, 0.5) is 4.79 Å². The number of rotatable bonds is 3. The van der Waals surface area contributed by atoms with E-state index in [2.05, 4.69) is 6.58 Å². The molecule has 5 nitrogen and oxygen atoms in total. The van der Waals surface area contributed by atoms with Gasteiger partial charge >= 0.3 is 12.1 Å². The fraction of sp³-hybridized carbons (Fsp3) is 0.636. The molecule has 1 saturated carbocycles. The highest BCUT2D eigenvalue weighted by Crippen LogP contribution is 2.48. The van der Waals surface area contributed by atoms with Crippen molar-refractivity contribution in [1.82, 2.24) is 4.90 Å². The van der Waals surface area contributed by atoms with Crippen LogP contribution in [0, 0.1) is 5.41 Å². The van der Waals surface area contributed by atoms with Crippen LogP contribution in [0.2, 0.25) is 0 Å². The zero-order chi connectivity index (χ0) is 11.8. The van der Waals surface area contributed by atoms with Gasteiger partial charge in [0.05, 0.1) is 5.41 Å². The Morgan fingerprint density at radius 1 is 1.62 bits per heavy atom. The fourth-order valence-corrected chi connectivity index (χ4v) is 2.65. The smallest absolute Gasteiger partial charge is 0.410 e. The number of hydrogen-bond acceptors (Lipinski definition) is 3. The van der Waals surface area contributed by atoms with E-state index < -0.39 is 17.5 Å². The van der Waals surface area contributed by atoms with Crippen LogP contribution in [0.25, 0.3) is 0 Å². The molecule has 2 rings (SSSR count). The van der Waals surface area contributed by atoms with Crippen molar-refractivity contribution in [3.8, 4) is 0 Å². The van der Waals surface area contributed by atoms with Crippen LogP contribution in [-0.4, -0.2) is 41.3 Å². The standard InChI is InChI=1S/C11H15NO4/c1-2-5-16-10(15)12-7-11(9(13)14)4-3-8(12)6-11/h2,8H,1,3-7H2,(H,13,14). The summed E-state index contributed by atoms with van der Waals surface area (Å²) in [5.74, 6) is -0.797. The third kappa shape index (κ3) is 1.56. The van der Waals surface area contributed by atoms with Crippen molar-refractivity contribution in [2.45, 2.75) is 25.3 Å². The Morgan fingerprint density at radius 2 is 2.38 bits per heavy atom. The van der Waals surface area contributed by atoms with Gasteiger partial charge in [-0.25, -0.2) is 4.79 Å². The molecular weight excluding hydrogens is 210 g/mol. The summed E-state index contributed by atoms with van der Waals surface area (Å²) in [6.07, 6.45) is 3.06. The summed E-state index contributed by atoms with van der Waals surface area (Å²) in [7, 11) is 0. The second-order valence-electron chi connectivity index (χ2n) is 4.48. The van der Waals surface area contributed by atoms with Crippen LogP contribution in [0.3, 0.4) is 0 Å². The first-order valence-electron chi connectivity index (χ1n) is 5.37. The first kappa shape index (κ1) is 11.0. The molecule has 1 heterocycles. The first-order chi connectivity index (χ1) is 7.59. The molecule has 2 unspecified atom stereocenters. The molecule has 1 aliphatic carbocycles. The second kappa shape index (κ2) is 3.81. The van der Waals surface area contributed by atoms with E-state index >= 15 is 0 Å². The Kier molecular flexibility index (Phi) is 2.61. The Balaban J connectivity index is 2.03. The minimum Gasteiger partial charge on any atom is -0.481 e. The van der Waals surface area contributed by atoms with Gasteiger partial charge in [-0.1, -0.05) is 12.7 Å². The van der Waals surface area contributed by atoms with Gasteiger partial charge in [-0.05, 0) is 19.3 Å². The third-order valence-electron chi connectivity index (χ3n) is 3.51. The van der Waals surface area contributed by atoms with E-state index in [9.17, 15) is 14.7 Å². The van der Waals surface area contributed by atoms with Crippen molar-refractivity contribution in [2.24, 2.45) is 5.41 Å². The monoisotopic (exact) mass is 225 g/mol. The molecule has 2 bridgehead atoms. The Bertz CT molecular complexity index is 341. The van der Waals surface area contributed by atoms with Crippen LogP contribution in [0.5, 0.6) is 0 Å². The van der Waals surface area contributed by atoms with Gasteiger partial charge in [0.25, 0.3) is 0 Å². The number of carboxylic acids is 1. The van der Waals surface area contributed by atoms with Gasteiger partial charge in [0.15, 0.2) is 0 Å². The first-order valence-corrected chi connectivity index (χ1v) is 5.37. The summed E-state index contributed by atoms with van der Waals surface area (Å²) in [6, 6.07) is 0.0356. The Hall–Kier alpha value is -1.52. The third-order valence-corrected chi connectivity index (χ3v) is 3.51. The molecule has 0 radical (unpaired) electrons. The van der Waals surface area contributed by atoms with Crippen molar-refractivity contribution in [2.75, 3.05) is 13.2 Å². The molecule has 0 aromatic rings. The number of carboxylic acid groups (broad SMARTS) is 1. The number of piperidine rings is 1. The lowest BCUT2D eigenvalue weighted by atomic mass is 9.88. The number of carbonyl (C=O) groups excluding carboxylic acids is 1. The van der Waals surface area contributed by atoms with Gasteiger partial charge in [-0.15, -0.1) is 0 Å². The summed E-state index contributed by atoms with van der Waals surface area (Å²) >= 11 is 0. The van der Waals surface area contributed by atoms with Gasteiger partial charge in [0.2, 0.25) is 0 Å². The Labute approximate surface area is 93.7 Å². The molecule has 1 aliphatic heterocycles. The minimum absolute atomic E-state index is 0.0356. The van der Waals surface area contributed by atoms with Crippen LogP contribution in [-0.2, 0) is 9.53 Å². The fourth-order valence-electron chi connectivity index (χ4n) is 2.65. The van der Waals surface area contributed by atoms with E-state index in [1.165, 1.54) is 6.08 Å². The van der Waals surface area contributed by atoms with Gasteiger partial charge in [0.1, 0.15) is 6.61 Å². The number of likely N-dealkylation sites (tertiary alicyclic amines) is 1. The molecule has 0 spiro atoms. The normalized spacial score (nSPS) is 31.5. The SMILES string of the molecule is C=CCOC(=O)N1CC2(C(=O)O)CCC1C2. The van der Waals surface area contributed by atoms with Crippen molar-refractivity contribution in [3.05, 3.63) is 12.7 Å². The summed E-state index contributed by atoms with van der Waals surface area (Å²) in [5.41, 5.74) is -0.724. The van der Waals surface area contributed by atoms with Crippen LogP contribution < -0.4 is 0 Å². The molecule has 0 aromatic carbocycles. The number of carbonyl (C=O) groups is 2. The topological polar surface area (TPSA) is 66.8 Å². The maximum Gasteiger partial charge on any atom is 0.410 e. The summed E-state index contributed by atoms with van der Waals surface area (Å²) < 4.78 is 4.93. The second-order valence-corrected chi connectivity index (χ2v) is 4.48. The number of aliphatic carboxylic acids is 1. The van der Waals surface area contributed by atoms with Crippen molar-refractivity contribution in [3.63, 3.8) is 0 Å². The molecule has 2 fully saturated rings. The lowest BCUT2D eigenvalue weighted by Crippen LogP contribution is -2.42. The quantitative estimate of drug-likeness (QED) is 0.734. The highest BCUT2D eigenvalue weighted by molar-refractivity contribution is 5.79. The van der Waals surface area contributed by atoms with Gasteiger partial charge in [-0.3, -0.25) is 4.79 Å². The molecule has 2 atom stereocenters. The van der Waals surface area contributed by atoms with Gasteiger partial charge in [-0.2, -0.15) is 0 Å². The maximum absolute atomic E-state index is 11.6. The molecule has 1 N–H and O–H groups in total. The summed E-state index contributed by atoms with van der Waals surface area (Å²) in [5, 5.41) is 9.17. The van der Waals surface area contributed by atoms with Crippen molar-refractivity contribution < 1.29 is 19.4 Å². The van der Waals surface area contributed by atoms with E-state index in [0.29, 0.717) is 12.8 Å². The lowest BCUT2D eigenvalue weighted by molar-refractivity contribution is -0.148. The number of hydrogen-bond donors (Lipinski definition) is 1. The predicted octanol–water partition coefficient (Wildman–Crippen LogP) is 1.25. The van der Waals surface area contributed by atoms with E-state index in [0.717, 1.165) is 6.42 Å². The average Bonchev–Trinajstić information content (AvgIpc) is 2.84.